The second-order valence-electron chi connectivity index (χ2n) is 2.91. The fraction of sp³-hybridized carbons (Fsp3) is 0.818. The molecule has 0 aliphatic carbocycles. The van der Waals surface area contributed by atoms with Crippen molar-refractivity contribution >= 4 is 0 Å². The van der Waals surface area contributed by atoms with E-state index in [0.717, 1.165) is 0 Å². The number of ether oxygens (including phenoxy) is 1. The Kier molecular flexibility index (Phi) is 16.3. The van der Waals surface area contributed by atoms with Gasteiger partial charge in [0.1, 0.15) is 0 Å². The van der Waals surface area contributed by atoms with Crippen LogP contribution < -0.4 is 0 Å². The van der Waals surface area contributed by atoms with Crippen LogP contribution in [0.4, 0.5) is 0 Å². The minimum absolute atomic E-state index is 0.569. The van der Waals surface area contributed by atoms with Gasteiger partial charge in [-0.3, -0.25) is 0 Å². The van der Waals surface area contributed by atoms with E-state index < -0.39 is 0 Å². The van der Waals surface area contributed by atoms with Gasteiger partial charge in [0, 0.05) is 13.7 Å². The molecule has 1 atom stereocenters. The molecule has 0 saturated carbocycles. The third-order valence-corrected chi connectivity index (χ3v) is 1.75. The molecular weight excluding hydrogens is 148 g/mol. The van der Waals surface area contributed by atoms with Crippen LogP contribution >= 0.6 is 0 Å². The highest BCUT2D eigenvalue weighted by Gasteiger charge is 1.94. The van der Waals surface area contributed by atoms with Crippen molar-refractivity contribution in [3.05, 3.63) is 13.8 Å². The van der Waals surface area contributed by atoms with Crippen molar-refractivity contribution in [2.24, 2.45) is 5.92 Å². The van der Waals surface area contributed by atoms with E-state index in [1.807, 2.05) is 0 Å². The van der Waals surface area contributed by atoms with E-state index >= 15 is 0 Å². The van der Waals surface area contributed by atoms with Crippen LogP contribution in [0.3, 0.4) is 0 Å². The lowest BCUT2D eigenvalue weighted by Gasteiger charge is -2.04. The first-order valence-electron chi connectivity index (χ1n) is 4.84. The normalized spacial score (nSPS) is 11.8. The Hall–Kier alpha value is -0.0400. The highest BCUT2D eigenvalue weighted by molar-refractivity contribution is 4.57. The van der Waals surface area contributed by atoms with Gasteiger partial charge in [-0.15, -0.1) is 0 Å². The Morgan fingerprint density at radius 1 is 1.33 bits per heavy atom. The van der Waals surface area contributed by atoms with Crippen molar-refractivity contribution in [3.63, 3.8) is 0 Å². The van der Waals surface area contributed by atoms with Crippen molar-refractivity contribution in [1.29, 1.82) is 0 Å². The average molecular weight is 172 g/mol. The number of rotatable bonds is 5. The number of hydrogen-bond donors (Lipinski definition) is 0. The van der Waals surface area contributed by atoms with Crippen LogP contribution in [-0.2, 0) is 4.74 Å². The molecule has 0 N–H and O–H groups in total. The van der Waals surface area contributed by atoms with Crippen molar-refractivity contribution in [2.75, 3.05) is 13.7 Å². The first-order valence-corrected chi connectivity index (χ1v) is 4.84. The van der Waals surface area contributed by atoms with Crippen molar-refractivity contribution in [2.45, 2.75) is 39.5 Å². The number of methoxy groups -OCH3 is 1. The van der Waals surface area contributed by atoms with Crippen LogP contribution in [-0.4, -0.2) is 13.7 Å². The molecule has 12 heavy (non-hydrogen) atoms. The number of hydrogen-bond acceptors (Lipinski definition) is 1. The summed E-state index contributed by atoms with van der Waals surface area (Å²) < 4.78 is 4.43. The van der Waals surface area contributed by atoms with E-state index in [1.165, 1.54) is 25.7 Å². The van der Waals surface area contributed by atoms with Crippen LogP contribution in [0.15, 0.2) is 0 Å². The van der Waals surface area contributed by atoms with Crippen molar-refractivity contribution in [3.8, 4) is 0 Å². The van der Waals surface area contributed by atoms with Gasteiger partial charge < -0.3 is 4.74 Å². The molecule has 0 saturated heterocycles. The topological polar surface area (TPSA) is 9.23 Å². The molecule has 0 bridgehead atoms. The average Bonchev–Trinajstić information content (AvgIpc) is 2.14. The summed E-state index contributed by atoms with van der Waals surface area (Å²) in [4.78, 5) is 0. The lowest BCUT2D eigenvalue weighted by molar-refractivity contribution is 0.232. The zero-order chi connectivity index (χ0) is 9.82. The molecule has 1 unspecified atom stereocenters. The lowest BCUT2D eigenvalue weighted by atomic mass is 10.0. The molecule has 0 aliphatic heterocycles. The zero-order valence-electron chi connectivity index (χ0n) is 8.94. The molecule has 0 rings (SSSR count). The molecule has 0 spiro atoms. The Balaban J connectivity index is 0. The zero-order valence-corrected chi connectivity index (χ0v) is 8.94. The monoisotopic (exact) mass is 172 g/mol. The van der Waals surface area contributed by atoms with Gasteiger partial charge in [0.05, 0.1) is 0 Å². The Morgan fingerprint density at radius 3 is 2.08 bits per heavy atom. The van der Waals surface area contributed by atoms with Crippen LogP contribution in [0.25, 0.3) is 0 Å². The fourth-order valence-corrected chi connectivity index (χ4v) is 0.697. The lowest BCUT2D eigenvalue weighted by Crippen LogP contribution is -1.90. The summed E-state index contributed by atoms with van der Waals surface area (Å²) >= 11 is 0. The minimum Gasteiger partial charge on any atom is -0.385 e. The van der Waals surface area contributed by atoms with E-state index in [9.17, 15) is 0 Å². The van der Waals surface area contributed by atoms with Gasteiger partial charge in [-0.2, -0.15) is 0 Å². The summed E-state index contributed by atoms with van der Waals surface area (Å²) in [5, 5.41) is 0. The van der Waals surface area contributed by atoms with Gasteiger partial charge >= 0.3 is 0 Å². The minimum atomic E-state index is 0.569. The van der Waals surface area contributed by atoms with Crippen LogP contribution in [0.2, 0.25) is 0 Å². The van der Waals surface area contributed by atoms with Gasteiger partial charge in [0.2, 0.25) is 0 Å². The molecule has 0 fully saturated rings. The highest BCUT2D eigenvalue weighted by atomic mass is 16.5. The molecule has 0 heterocycles. The molecule has 1 nitrogen and oxygen atoms in total. The standard InChI is InChI=1S/C8H17.C3H7O/c1-4-6-7-8(3)5-2;1-3-4-2/h8H,3-7H2,1-2H3;1,3H2,2H3. The molecule has 0 aliphatic rings. The van der Waals surface area contributed by atoms with Crippen LogP contribution in [0.5, 0.6) is 0 Å². The largest absolute Gasteiger partial charge is 0.385 e. The third kappa shape index (κ3) is 16.5. The molecule has 1 heteroatoms. The summed E-state index contributed by atoms with van der Waals surface area (Å²) in [6, 6.07) is 0. The van der Waals surface area contributed by atoms with Gasteiger partial charge in [-0.1, -0.05) is 46.5 Å². The third-order valence-electron chi connectivity index (χ3n) is 1.75. The summed E-state index contributed by atoms with van der Waals surface area (Å²) in [5.74, 6) is 0.704. The number of unbranched alkanes of at least 4 members (excludes halogenated alkanes) is 1. The van der Waals surface area contributed by atoms with Gasteiger partial charge in [0.15, 0.2) is 0 Å². The summed E-state index contributed by atoms with van der Waals surface area (Å²) in [6.07, 6.45) is 5.21. The van der Waals surface area contributed by atoms with Gasteiger partial charge in [-0.25, -0.2) is 0 Å². The predicted octanol–water partition coefficient (Wildman–Crippen LogP) is 3.50. The highest BCUT2D eigenvalue weighted by Crippen LogP contribution is 2.09. The van der Waals surface area contributed by atoms with E-state index in [-0.39, 0.29) is 0 Å². The maximum absolute atomic E-state index is 4.43. The summed E-state index contributed by atoms with van der Waals surface area (Å²) in [5.41, 5.74) is 0. The maximum Gasteiger partial charge on any atom is 0.0463 e. The van der Waals surface area contributed by atoms with E-state index in [4.69, 9.17) is 0 Å². The van der Waals surface area contributed by atoms with Crippen LogP contribution in [0, 0.1) is 19.8 Å². The van der Waals surface area contributed by atoms with E-state index in [1.54, 1.807) is 7.11 Å². The smallest absolute Gasteiger partial charge is 0.0463 e. The van der Waals surface area contributed by atoms with Crippen LogP contribution in [0.1, 0.15) is 39.5 Å². The van der Waals surface area contributed by atoms with E-state index in [2.05, 4.69) is 32.4 Å². The maximum atomic E-state index is 4.43. The molecule has 74 valence electrons. The van der Waals surface area contributed by atoms with Crippen molar-refractivity contribution < 1.29 is 4.74 Å². The molecule has 0 aromatic heterocycles. The Labute approximate surface area is 78.5 Å². The SMILES string of the molecule is [CH2]C(CC)CCCC.[CH2]COC. The molecule has 2 radical (unpaired) electrons. The second kappa shape index (κ2) is 13.5. The summed E-state index contributed by atoms with van der Waals surface area (Å²) in [6.45, 7) is 12.4. The Morgan fingerprint density at radius 2 is 1.83 bits per heavy atom. The first-order chi connectivity index (χ1) is 5.72. The molecule has 0 aromatic rings. The Bertz CT molecular complexity index is 60.0. The second-order valence-corrected chi connectivity index (χ2v) is 2.91. The fourth-order valence-electron chi connectivity index (χ4n) is 0.697. The predicted molar refractivity (Wildman–Crippen MR) is 55.9 cm³/mol. The first kappa shape index (κ1) is 14.5. The van der Waals surface area contributed by atoms with Gasteiger partial charge in [0.25, 0.3) is 0 Å². The quantitative estimate of drug-likeness (QED) is 0.616. The summed E-state index contributed by atoms with van der Waals surface area (Å²) in [7, 11) is 1.62. The molecular formula is C11H24O. The van der Waals surface area contributed by atoms with Gasteiger partial charge in [-0.05, 0) is 12.8 Å². The van der Waals surface area contributed by atoms with Crippen molar-refractivity contribution in [1.82, 2.24) is 0 Å². The molecule has 0 aromatic carbocycles. The van der Waals surface area contributed by atoms with E-state index in [0.29, 0.717) is 12.5 Å². The molecule has 0 amide bonds.